The maximum atomic E-state index is 14.5. The molecule has 0 aliphatic carbocycles. The fourth-order valence-corrected chi connectivity index (χ4v) is 8.40. The Morgan fingerprint density at radius 1 is 0.869 bits per heavy atom. The van der Waals surface area contributed by atoms with E-state index in [0.717, 1.165) is 30.5 Å². The summed E-state index contributed by atoms with van der Waals surface area (Å²) in [4.78, 5) is 63.1. The Bertz CT molecular complexity index is 2690. The van der Waals surface area contributed by atoms with E-state index in [1.54, 1.807) is 46.8 Å². The van der Waals surface area contributed by atoms with Crippen LogP contribution < -0.4 is 31.6 Å². The van der Waals surface area contributed by atoms with Gasteiger partial charge >= 0.3 is 0 Å². The van der Waals surface area contributed by atoms with Gasteiger partial charge in [-0.1, -0.05) is 6.42 Å². The molecule has 0 fully saturated rings. The Balaban J connectivity index is 1.24. The summed E-state index contributed by atoms with van der Waals surface area (Å²) in [6.45, 7) is 7.98. The number of carbonyl (C=O) groups excluding carboxylic acids is 4. The van der Waals surface area contributed by atoms with Crippen LogP contribution in [0.4, 0.5) is 11.9 Å². The number of hydrogen-bond donors (Lipinski definition) is 4. The lowest BCUT2D eigenvalue weighted by Crippen LogP contribution is -2.26. The van der Waals surface area contributed by atoms with Gasteiger partial charge in [-0.25, -0.2) is 9.97 Å². The highest BCUT2D eigenvalue weighted by Crippen LogP contribution is 2.39. The van der Waals surface area contributed by atoms with Crippen molar-refractivity contribution < 1.29 is 33.4 Å². The van der Waals surface area contributed by atoms with Gasteiger partial charge < -0.3 is 34.8 Å². The summed E-state index contributed by atoms with van der Waals surface area (Å²) in [7, 11) is 1.61. The van der Waals surface area contributed by atoms with Crippen LogP contribution in [-0.2, 0) is 30.8 Å². The number of rotatable bonds is 8. The number of primary amides is 2. The van der Waals surface area contributed by atoms with Crippen molar-refractivity contribution in [3.8, 4) is 11.5 Å². The normalized spacial score (nSPS) is 16.2. The number of ether oxygens (including phenoxy) is 3. The van der Waals surface area contributed by atoms with Gasteiger partial charge in [-0.05, 0) is 83.2 Å². The largest absolute Gasteiger partial charge is 0.491 e. The van der Waals surface area contributed by atoms with Crippen molar-refractivity contribution in [2.24, 2.45) is 11.5 Å². The topological polar surface area (TPSA) is 243 Å². The van der Waals surface area contributed by atoms with Crippen LogP contribution in [0.2, 0.25) is 0 Å². The molecule has 6 heterocycles. The monoisotopic (exact) mass is 834 g/mol. The zero-order valence-corrected chi connectivity index (χ0v) is 34.7. The molecule has 0 saturated carbocycles. The minimum Gasteiger partial charge on any atom is -0.491 e. The van der Waals surface area contributed by atoms with Gasteiger partial charge in [0.15, 0.2) is 0 Å². The van der Waals surface area contributed by atoms with Crippen molar-refractivity contribution in [3.63, 3.8) is 0 Å². The number of aryl methyl sites for hydroxylation is 5. The number of nitrogens with one attached hydrogen (secondary N) is 2. The second-order valence-corrected chi connectivity index (χ2v) is 15.4. The average molecular weight is 835 g/mol. The minimum atomic E-state index is -0.648. The molecule has 6 aromatic rings. The van der Waals surface area contributed by atoms with Crippen molar-refractivity contribution in [2.45, 2.75) is 91.4 Å². The van der Waals surface area contributed by atoms with Crippen LogP contribution in [0.3, 0.4) is 0 Å². The highest BCUT2D eigenvalue weighted by atomic mass is 16.5. The predicted molar refractivity (Wildman–Crippen MR) is 225 cm³/mol. The van der Waals surface area contributed by atoms with Crippen molar-refractivity contribution in [3.05, 3.63) is 69.8 Å². The van der Waals surface area contributed by atoms with E-state index in [4.69, 9.17) is 40.7 Å². The number of carbonyl (C=O) groups is 4. The highest BCUT2D eigenvalue weighted by Gasteiger charge is 2.31. The lowest BCUT2D eigenvalue weighted by Gasteiger charge is -2.27. The molecular weight excluding hydrogens is 785 g/mol. The standard InChI is InChI=1S/C42H50N12O7/c1-5-52-34-28(24(3)50-52)12-7-6-8-14-53-31(17-23(2)49-53)39(57)47-42-46-30-19-26(38(44)56)21-33-36(30)54(42)27(22-61-33)11-9-13-51-35-29(45-41(51)48-40(34)58)18-25(37(43)55)20-32(35)60-16-10-15-59-4/h17-21,27H,5-16,22H2,1-4H3,(H2,43,55)(H2,44,56)(H,45,48,58)(H,46,47,57)/t27-/m0/s1. The number of imidazole rings is 2. The van der Waals surface area contributed by atoms with Gasteiger partial charge in [0.25, 0.3) is 11.8 Å². The third-order valence-electron chi connectivity index (χ3n) is 11.2. The molecule has 19 nitrogen and oxygen atoms in total. The Hall–Kier alpha value is -6.76. The average Bonchev–Trinajstić information content (AvgIpc) is 3.98. The van der Waals surface area contributed by atoms with Crippen LogP contribution in [0.15, 0.2) is 30.3 Å². The molecular formula is C42H50N12O7. The number of amides is 4. The Morgan fingerprint density at radius 2 is 1.61 bits per heavy atom. The number of nitrogens with zero attached hydrogens (tertiary/aromatic N) is 8. The summed E-state index contributed by atoms with van der Waals surface area (Å²) in [5.41, 5.74) is 17.1. The molecule has 6 N–H and O–H groups in total. The first kappa shape index (κ1) is 41.0. The molecule has 4 aromatic heterocycles. The van der Waals surface area contributed by atoms with E-state index in [9.17, 15) is 19.2 Å². The molecule has 1 atom stereocenters. The molecule has 2 aliphatic rings. The van der Waals surface area contributed by atoms with Gasteiger partial charge in [-0.15, -0.1) is 0 Å². The quantitative estimate of drug-likeness (QED) is 0.154. The first-order valence-corrected chi connectivity index (χ1v) is 20.6. The summed E-state index contributed by atoms with van der Waals surface area (Å²) in [5, 5.41) is 15.5. The summed E-state index contributed by atoms with van der Waals surface area (Å²) >= 11 is 0. The molecule has 320 valence electrons. The molecule has 2 aliphatic heterocycles. The molecule has 0 spiro atoms. The van der Waals surface area contributed by atoms with Crippen molar-refractivity contribution in [1.29, 1.82) is 0 Å². The minimum absolute atomic E-state index is 0.202. The van der Waals surface area contributed by atoms with Gasteiger partial charge in [0.2, 0.25) is 23.7 Å². The van der Waals surface area contributed by atoms with E-state index in [1.165, 1.54) is 0 Å². The molecule has 0 saturated heterocycles. The fraction of sp³-hybridized carbons (Fsp3) is 0.429. The maximum absolute atomic E-state index is 14.5. The van der Waals surface area contributed by atoms with Crippen LogP contribution in [-0.4, -0.2) is 89.2 Å². The van der Waals surface area contributed by atoms with Crippen LogP contribution in [0.1, 0.15) is 110 Å². The van der Waals surface area contributed by atoms with Crippen molar-refractivity contribution in [2.75, 3.05) is 37.6 Å². The first-order chi connectivity index (χ1) is 29.4. The van der Waals surface area contributed by atoms with Crippen LogP contribution in [0.5, 0.6) is 11.5 Å². The van der Waals surface area contributed by atoms with Crippen molar-refractivity contribution in [1.82, 2.24) is 38.7 Å². The number of methoxy groups -OCH3 is 1. The summed E-state index contributed by atoms with van der Waals surface area (Å²) < 4.78 is 25.0. The number of fused-ring (bicyclic) bond motifs is 5. The molecule has 19 heteroatoms. The molecule has 0 bridgehead atoms. The lowest BCUT2D eigenvalue weighted by atomic mass is 10.0. The Labute approximate surface area is 350 Å². The first-order valence-electron chi connectivity index (χ1n) is 20.6. The SMILES string of the molecule is CCn1nc(C)c2c1C(=O)Nc1nc3cc(C(N)=O)cc(OCCCOC)c3n1CCC[C@H]1COc3cc(C(N)=O)cc4nc(n1c34)NC(=O)c1cc(C)nn1CCCCC2. The Kier molecular flexibility index (Phi) is 11.5. The molecule has 4 amide bonds. The van der Waals surface area contributed by atoms with Gasteiger partial charge in [-0.3, -0.25) is 39.2 Å². The van der Waals surface area contributed by atoms with Gasteiger partial charge in [0.05, 0.1) is 35.1 Å². The van der Waals surface area contributed by atoms with E-state index >= 15 is 0 Å². The Morgan fingerprint density at radius 3 is 2.36 bits per heavy atom. The highest BCUT2D eigenvalue weighted by molar-refractivity contribution is 6.06. The van der Waals surface area contributed by atoms with Crippen LogP contribution in [0, 0.1) is 13.8 Å². The second kappa shape index (κ2) is 17.1. The zero-order valence-electron chi connectivity index (χ0n) is 34.7. The second-order valence-electron chi connectivity index (χ2n) is 15.4. The fourth-order valence-electron chi connectivity index (χ4n) is 8.40. The zero-order chi connectivity index (χ0) is 42.9. The number of anilines is 2. The molecule has 8 rings (SSSR count). The van der Waals surface area contributed by atoms with E-state index in [1.807, 2.05) is 29.9 Å². The third kappa shape index (κ3) is 7.99. The van der Waals surface area contributed by atoms with E-state index in [-0.39, 0.29) is 54.1 Å². The van der Waals surface area contributed by atoms with E-state index in [0.29, 0.717) is 103 Å². The maximum Gasteiger partial charge on any atom is 0.276 e. The third-order valence-corrected chi connectivity index (χ3v) is 11.2. The number of benzene rings is 2. The van der Waals surface area contributed by atoms with Crippen LogP contribution in [0.25, 0.3) is 22.1 Å². The summed E-state index contributed by atoms with van der Waals surface area (Å²) in [6.07, 6.45) is 4.53. The summed E-state index contributed by atoms with van der Waals surface area (Å²) in [5.74, 6) is -0.664. The molecule has 2 aromatic carbocycles. The van der Waals surface area contributed by atoms with E-state index < -0.39 is 11.8 Å². The van der Waals surface area contributed by atoms with Gasteiger partial charge in [0.1, 0.15) is 40.5 Å². The van der Waals surface area contributed by atoms with Gasteiger partial charge in [-0.2, -0.15) is 10.2 Å². The number of aromatic nitrogens is 8. The van der Waals surface area contributed by atoms with Crippen molar-refractivity contribution >= 4 is 57.6 Å². The molecule has 61 heavy (non-hydrogen) atoms. The lowest BCUT2D eigenvalue weighted by molar-refractivity contribution is 0.0991. The van der Waals surface area contributed by atoms with E-state index in [2.05, 4.69) is 15.7 Å². The summed E-state index contributed by atoms with van der Waals surface area (Å²) in [6, 6.07) is 7.81. The molecule has 0 unspecified atom stereocenters. The number of hydrogen-bond acceptors (Lipinski definition) is 11. The number of nitrogens with two attached hydrogens (primary N) is 2. The molecule has 0 radical (unpaired) electrons. The van der Waals surface area contributed by atoms with Crippen LogP contribution >= 0.6 is 0 Å². The predicted octanol–water partition coefficient (Wildman–Crippen LogP) is 4.67. The van der Waals surface area contributed by atoms with Gasteiger partial charge in [0, 0.05) is 56.5 Å². The smallest absolute Gasteiger partial charge is 0.276 e.